The fraction of sp³-hybridized carbons (Fsp3) is 0.625. The molecule has 0 aliphatic heterocycles. The molecule has 6 nitrogen and oxygen atoms in total. The summed E-state index contributed by atoms with van der Waals surface area (Å²) in [5.41, 5.74) is 0.204. The number of aromatic amines is 1. The van der Waals surface area contributed by atoms with Gasteiger partial charge < -0.3 is 5.32 Å². The summed E-state index contributed by atoms with van der Waals surface area (Å²) in [5.74, 6) is -4.43. The Balaban J connectivity index is 2.85. The van der Waals surface area contributed by atoms with Crippen molar-refractivity contribution in [2.75, 3.05) is 13.6 Å². The zero-order valence-corrected chi connectivity index (χ0v) is 10.6. The topological polar surface area (TPSA) is 86.9 Å². The van der Waals surface area contributed by atoms with Gasteiger partial charge in [-0.1, -0.05) is 0 Å². The van der Waals surface area contributed by atoms with Gasteiger partial charge >= 0.3 is 12.3 Å². The molecule has 0 saturated heterocycles. The Kier molecular flexibility index (Phi) is 4.87. The molecule has 0 aliphatic rings. The third kappa shape index (κ3) is 3.88. The maximum atomic E-state index is 12.7. The standard InChI is InChI=1S/C8H12F4N4O2S/c1-13-2-5-3-14-16-6(5)19(17,18)15-4-8(11,12)7(9)10/h3,7,13,15H,2,4H2,1H3,(H,14,16). The summed E-state index contributed by atoms with van der Waals surface area (Å²) < 4.78 is 73.9. The van der Waals surface area contributed by atoms with Crippen molar-refractivity contribution in [3.63, 3.8) is 0 Å². The fourth-order valence-corrected chi connectivity index (χ4v) is 2.36. The van der Waals surface area contributed by atoms with Crippen molar-refractivity contribution in [3.05, 3.63) is 11.8 Å². The van der Waals surface area contributed by atoms with Gasteiger partial charge in [0, 0.05) is 12.1 Å². The van der Waals surface area contributed by atoms with Crippen LogP contribution in [0.25, 0.3) is 0 Å². The molecular weight excluding hydrogens is 292 g/mol. The predicted molar refractivity (Wildman–Crippen MR) is 57.5 cm³/mol. The average Bonchev–Trinajstić information content (AvgIpc) is 2.76. The second kappa shape index (κ2) is 5.84. The number of halogens is 4. The van der Waals surface area contributed by atoms with E-state index in [4.69, 9.17) is 0 Å². The molecule has 0 radical (unpaired) electrons. The van der Waals surface area contributed by atoms with E-state index in [1.807, 2.05) is 0 Å². The SMILES string of the molecule is CNCc1cn[nH]c1S(=O)(=O)NCC(F)(F)C(F)F. The summed E-state index contributed by atoms with van der Waals surface area (Å²) in [6.45, 7) is -1.57. The maximum Gasteiger partial charge on any atom is 0.320 e. The zero-order valence-electron chi connectivity index (χ0n) is 9.75. The van der Waals surface area contributed by atoms with Gasteiger partial charge in [-0.3, -0.25) is 5.10 Å². The van der Waals surface area contributed by atoms with E-state index in [-0.39, 0.29) is 12.1 Å². The molecule has 1 heterocycles. The zero-order chi connectivity index (χ0) is 14.7. The molecule has 110 valence electrons. The molecule has 0 fully saturated rings. The van der Waals surface area contributed by atoms with Crippen LogP contribution in [0.4, 0.5) is 17.6 Å². The quantitative estimate of drug-likeness (QED) is 0.633. The number of sulfonamides is 1. The Bertz CT molecular complexity index is 517. The van der Waals surface area contributed by atoms with Crippen molar-refractivity contribution in [2.45, 2.75) is 23.9 Å². The summed E-state index contributed by atoms with van der Waals surface area (Å²) in [6.07, 6.45) is -2.76. The molecule has 0 aliphatic carbocycles. The number of alkyl halides is 4. The second-order valence-corrected chi connectivity index (χ2v) is 5.34. The number of H-pyrrole nitrogens is 1. The van der Waals surface area contributed by atoms with Gasteiger partial charge in [0.1, 0.15) is 0 Å². The first-order valence-electron chi connectivity index (χ1n) is 5.03. The highest BCUT2D eigenvalue weighted by atomic mass is 32.2. The lowest BCUT2D eigenvalue weighted by atomic mass is 10.4. The number of nitrogens with zero attached hydrogens (tertiary/aromatic N) is 1. The van der Waals surface area contributed by atoms with Crippen LogP contribution < -0.4 is 10.0 Å². The largest absolute Gasteiger partial charge is 0.320 e. The molecule has 0 unspecified atom stereocenters. The van der Waals surface area contributed by atoms with Gasteiger partial charge in [0.25, 0.3) is 10.0 Å². The normalized spacial score (nSPS) is 13.2. The highest BCUT2D eigenvalue weighted by Gasteiger charge is 2.41. The minimum absolute atomic E-state index is 0.123. The summed E-state index contributed by atoms with van der Waals surface area (Å²) >= 11 is 0. The summed E-state index contributed by atoms with van der Waals surface area (Å²) in [4.78, 5) is 0. The number of hydrogen-bond donors (Lipinski definition) is 3. The maximum absolute atomic E-state index is 12.7. The molecule has 0 aromatic carbocycles. The lowest BCUT2D eigenvalue weighted by molar-refractivity contribution is -0.122. The van der Waals surface area contributed by atoms with Crippen molar-refractivity contribution in [3.8, 4) is 0 Å². The number of aromatic nitrogens is 2. The van der Waals surface area contributed by atoms with Crippen molar-refractivity contribution in [1.29, 1.82) is 0 Å². The fourth-order valence-electron chi connectivity index (χ4n) is 1.19. The first kappa shape index (κ1) is 15.9. The minimum atomic E-state index is -4.43. The lowest BCUT2D eigenvalue weighted by Crippen LogP contribution is -2.41. The van der Waals surface area contributed by atoms with E-state index in [9.17, 15) is 26.0 Å². The number of rotatable bonds is 7. The minimum Gasteiger partial charge on any atom is -0.316 e. The Morgan fingerprint density at radius 1 is 1.47 bits per heavy atom. The number of hydrogen-bond acceptors (Lipinski definition) is 4. The average molecular weight is 304 g/mol. The van der Waals surface area contributed by atoms with Crippen LogP contribution in [-0.4, -0.2) is 44.6 Å². The van der Waals surface area contributed by atoms with Crippen LogP contribution in [0, 0.1) is 0 Å². The second-order valence-electron chi connectivity index (χ2n) is 3.64. The van der Waals surface area contributed by atoms with E-state index in [2.05, 4.69) is 15.5 Å². The molecule has 1 aromatic heterocycles. The molecule has 11 heteroatoms. The smallest absolute Gasteiger partial charge is 0.316 e. The predicted octanol–water partition coefficient (Wildman–Crippen LogP) is 0.308. The van der Waals surface area contributed by atoms with Gasteiger partial charge in [-0.15, -0.1) is 0 Å². The van der Waals surface area contributed by atoms with Gasteiger partial charge in [0.2, 0.25) is 0 Å². The molecule has 3 N–H and O–H groups in total. The van der Waals surface area contributed by atoms with Crippen molar-refractivity contribution in [2.24, 2.45) is 0 Å². The molecule has 1 aromatic rings. The van der Waals surface area contributed by atoms with Gasteiger partial charge in [0.05, 0.1) is 12.7 Å². The molecule has 19 heavy (non-hydrogen) atoms. The number of nitrogens with one attached hydrogen (secondary N) is 3. The van der Waals surface area contributed by atoms with Crippen LogP contribution in [0.5, 0.6) is 0 Å². The Morgan fingerprint density at radius 2 is 2.11 bits per heavy atom. The van der Waals surface area contributed by atoms with Crippen LogP contribution >= 0.6 is 0 Å². The monoisotopic (exact) mass is 304 g/mol. The Labute approximate surface area is 106 Å². The van der Waals surface area contributed by atoms with Crippen LogP contribution in [0.3, 0.4) is 0 Å². The lowest BCUT2D eigenvalue weighted by Gasteiger charge is -2.15. The van der Waals surface area contributed by atoms with Crippen molar-refractivity contribution >= 4 is 10.0 Å². The Hall–Kier alpha value is -1.20. The third-order valence-corrected chi connectivity index (χ3v) is 3.55. The molecule has 0 saturated carbocycles. The molecule has 0 spiro atoms. The van der Waals surface area contributed by atoms with Crippen LogP contribution in [0.2, 0.25) is 0 Å². The highest BCUT2D eigenvalue weighted by Crippen LogP contribution is 2.22. The summed E-state index contributed by atoms with van der Waals surface area (Å²) in [6, 6.07) is 0. The van der Waals surface area contributed by atoms with E-state index < -0.39 is 33.9 Å². The molecule has 0 amide bonds. The highest BCUT2D eigenvalue weighted by molar-refractivity contribution is 7.89. The Morgan fingerprint density at radius 3 is 2.63 bits per heavy atom. The van der Waals surface area contributed by atoms with E-state index in [1.165, 1.54) is 10.9 Å². The first-order chi connectivity index (χ1) is 8.70. The molecule has 0 bridgehead atoms. The van der Waals surface area contributed by atoms with Crippen LogP contribution in [0.1, 0.15) is 5.56 Å². The summed E-state index contributed by atoms with van der Waals surface area (Å²) in [7, 11) is -2.81. The van der Waals surface area contributed by atoms with Crippen LogP contribution in [-0.2, 0) is 16.6 Å². The van der Waals surface area contributed by atoms with Crippen LogP contribution in [0.15, 0.2) is 11.2 Å². The third-order valence-electron chi connectivity index (χ3n) is 2.13. The van der Waals surface area contributed by atoms with E-state index >= 15 is 0 Å². The molecule has 1 rings (SSSR count). The van der Waals surface area contributed by atoms with Gasteiger partial charge in [-0.05, 0) is 7.05 Å². The van der Waals surface area contributed by atoms with Gasteiger partial charge in [-0.25, -0.2) is 21.9 Å². The van der Waals surface area contributed by atoms with Crippen molar-refractivity contribution < 1.29 is 26.0 Å². The molecular formula is C8H12F4N4O2S. The van der Waals surface area contributed by atoms with Gasteiger partial charge in [-0.2, -0.15) is 13.9 Å². The van der Waals surface area contributed by atoms with E-state index in [1.54, 1.807) is 7.05 Å². The van der Waals surface area contributed by atoms with Crippen molar-refractivity contribution in [1.82, 2.24) is 20.2 Å². The summed E-state index contributed by atoms with van der Waals surface area (Å²) in [5, 5.41) is 7.80. The first-order valence-corrected chi connectivity index (χ1v) is 6.51. The molecule has 0 atom stereocenters. The van der Waals surface area contributed by atoms with E-state index in [0.29, 0.717) is 0 Å². The van der Waals surface area contributed by atoms with Gasteiger partial charge in [0.15, 0.2) is 5.03 Å². The van der Waals surface area contributed by atoms with E-state index in [0.717, 1.165) is 0 Å².